The lowest BCUT2D eigenvalue weighted by Gasteiger charge is -2.46. The fourth-order valence-electron chi connectivity index (χ4n) is 8.63. The molecule has 6 amide bonds. The van der Waals surface area contributed by atoms with Crippen LogP contribution >= 0.6 is 0 Å². The molecule has 20 atom stereocenters. The first-order valence-electron chi connectivity index (χ1n) is 26.7. The molecule has 0 aromatic rings. The van der Waals surface area contributed by atoms with Crippen LogP contribution in [0.5, 0.6) is 0 Å². The smallest absolute Gasteiger partial charge is 0.234 e. The Morgan fingerprint density at radius 3 is 1.32 bits per heavy atom. The van der Waals surface area contributed by atoms with Crippen LogP contribution in [0.1, 0.15) is 46.0 Å². The lowest BCUT2D eigenvalue weighted by molar-refractivity contribution is -0.366. The predicted molar refractivity (Wildman–Crippen MR) is 267 cm³/mol. The summed E-state index contributed by atoms with van der Waals surface area (Å²) in [6.07, 6.45) is -32.3. The predicted octanol–water partition coefficient (Wildman–Crippen LogP) is -11.7. The van der Waals surface area contributed by atoms with Crippen LogP contribution in [0.25, 0.3) is 0 Å². The summed E-state index contributed by atoms with van der Waals surface area (Å²) < 4.78 is 44.1. The van der Waals surface area contributed by atoms with Gasteiger partial charge in [0.1, 0.15) is 91.6 Å². The normalized spacial score (nSPS) is 34.2. The number of aliphatic hydroxyl groups excluding tert-OH is 13. The zero-order valence-electron chi connectivity index (χ0n) is 45.0. The Hall–Kier alpha value is -4.06. The number of amides is 6. The van der Waals surface area contributed by atoms with Crippen molar-refractivity contribution in [2.75, 3.05) is 91.9 Å². The second-order valence-electron chi connectivity index (χ2n) is 19.6. The van der Waals surface area contributed by atoms with E-state index in [1.54, 1.807) is 6.92 Å². The van der Waals surface area contributed by atoms with Gasteiger partial charge in [-0.1, -0.05) is 0 Å². The van der Waals surface area contributed by atoms with Gasteiger partial charge in [0.2, 0.25) is 35.4 Å². The molecule has 0 spiro atoms. The molecule has 4 rings (SSSR count). The minimum absolute atomic E-state index is 0.00410. The molecule has 0 bridgehead atoms. The van der Waals surface area contributed by atoms with E-state index in [9.17, 15) is 95.2 Å². The van der Waals surface area contributed by atoms with Crippen LogP contribution < -0.4 is 31.9 Å². The second-order valence-corrected chi connectivity index (χ2v) is 19.6. The molecule has 0 saturated carbocycles. The standard InChI is InChI=1S/C47H83N7O27/c1-3-48-28(59)8-11-51-31(62)18-54(16-29(60)49-9-4-6-26(57)52-12-14-74-44-39(70)36(67)32(63)22(2)77-44)17-30(61)50-10-5-7-27(58)53-13-15-75-46-42(73)43(81-47-41(72)38(69)34(65)24(20-56)79-47)35(66)25(80-46)21-76-45-40(71)37(68)33(64)23(19-55)78-45/h22-25,32-47,55-56,63-73H,3-21H2,1-2H3,(H,48,59)(H,49,60)(H,50,61)(H,51,62)(H,52,57)(H,53,58)/t22-,23+,24+,25+,32+,33+,34+,35+,36+,37-,38-,39-,40-,41-,42-,43-,44+,45-,46-,47+/m0/s1. The summed E-state index contributed by atoms with van der Waals surface area (Å²) in [4.78, 5) is 76.9. The van der Waals surface area contributed by atoms with Crippen LogP contribution in [0, 0.1) is 0 Å². The second kappa shape index (κ2) is 35.3. The van der Waals surface area contributed by atoms with Crippen molar-refractivity contribution in [2.24, 2.45) is 0 Å². The minimum atomic E-state index is -1.96. The first kappa shape index (κ1) is 69.4. The van der Waals surface area contributed by atoms with Crippen molar-refractivity contribution in [2.45, 2.75) is 169 Å². The molecule has 81 heavy (non-hydrogen) atoms. The highest BCUT2D eigenvalue weighted by molar-refractivity contribution is 5.84. The van der Waals surface area contributed by atoms with Gasteiger partial charge in [0.15, 0.2) is 25.2 Å². The van der Waals surface area contributed by atoms with Crippen LogP contribution in [0.3, 0.4) is 0 Å². The lowest BCUT2D eigenvalue weighted by Crippen LogP contribution is -2.65. The number of ether oxygens (including phenoxy) is 8. The molecule has 0 aromatic heterocycles. The quantitative estimate of drug-likeness (QED) is 0.0271. The number of hydrogen-bond acceptors (Lipinski definition) is 28. The Labute approximate surface area is 465 Å². The van der Waals surface area contributed by atoms with Crippen molar-refractivity contribution in [3.8, 4) is 0 Å². The molecule has 4 saturated heterocycles. The van der Waals surface area contributed by atoms with Crippen LogP contribution in [0.2, 0.25) is 0 Å². The van der Waals surface area contributed by atoms with Gasteiger partial charge in [0.25, 0.3) is 0 Å². The lowest BCUT2D eigenvalue weighted by atomic mass is 9.96. The largest absolute Gasteiger partial charge is 0.394 e. The van der Waals surface area contributed by atoms with Gasteiger partial charge in [-0.25, -0.2) is 0 Å². The van der Waals surface area contributed by atoms with Crippen molar-refractivity contribution >= 4 is 35.4 Å². The number of nitrogens with zero attached hydrogens (tertiary/aromatic N) is 1. The summed E-state index contributed by atoms with van der Waals surface area (Å²) in [7, 11) is 0. The minimum Gasteiger partial charge on any atom is -0.394 e. The number of carbonyl (C=O) groups is 6. The van der Waals surface area contributed by atoms with Crippen molar-refractivity contribution in [3.63, 3.8) is 0 Å². The maximum Gasteiger partial charge on any atom is 0.234 e. The zero-order valence-corrected chi connectivity index (χ0v) is 45.0. The number of aliphatic hydroxyl groups is 13. The topological polar surface area (TPSA) is 515 Å². The Morgan fingerprint density at radius 2 is 0.827 bits per heavy atom. The Balaban J connectivity index is 1.22. The molecule has 0 aromatic carbocycles. The molecule has 19 N–H and O–H groups in total. The van der Waals surface area contributed by atoms with Gasteiger partial charge in [0.05, 0.1) is 58.8 Å². The maximum absolute atomic E-state index is 13.0. The molecule has 468 valence electrons. The molecule has 4 aliphatic rings. The first-order chi connectivity index (χ1) is 38.5. The van der Waals surface area contributed by atoms with E-state index in [0.717, 1.165) is 0 Å². The van der Waals surface area contributed by atoms with E-state index < -0.39 is 186 Å². The van der Waals surface area contributed by atoms with Crippen LogP contribution in [-0.4, -0.2) is 321 Å². The highest BCUT2D eigenvalue weighted by Gasteiger charge is 2.52. The molecule has 4 heterocycles. The summed E-state index contributed by atoms with van der Waals surface area (Å²) >= 11 is 0. The Morgan fingerprint density at radius 1 is 0.420 bits per heavy atom. The Kier molecular flexibility index (Phi) is 30.2. The summed E-state index contributed by atoms with van der Waals surface area (Å²) in [6, 6.07) is 0. The summed E-state index contributed by atoms with van der Waals surface area (Å²) in [6.45, 7) is -0.557. The SMILES string of the molecule is CCNC(=O)CCNC(=O)CN(CC(=O)NCCCC(=O)NCCO[C@@H]1O[C@@H](C)[C@@H](O)[C@@H](O)[C@@H]1O)CC(=O)NCCCC(=O)NCCO[C@H]1O[C@H](CO[C@H]2O[C@H](CO)[C@@H](O)[C@H](O)[C@@H]2O)[C@@H](O)[C@H](O[C@H]2O[C@H](CO)[C@@H](O)[C@H](O)[C@@H]2O)[C@@H]1O. The first-order valence-corrected chi connectivity index (χ1v) is 26.7. The van der Waals surface area contributed by atoms with Crippen molar-refractivity contribution in [1.29, 1.82) is 0 Å². The fraction of sp³-hybridized carbons (Fsp3) is 0.872. The van der Waals surface area contributed by atoms with Crippen LogP contribution in [-0.2, 0) is 66.7 Å². The average Bonchev–Trinajstić information content (AvgIpc) is 3.43. The van der Waals surface area contributed by atoms with E-state index in [0.29, 0.717) is 6.54 Å². The molecule has 0 unspecified atom stereocenters. The van der Waals surface area contributed by atoms with E-state index in [-0.39, 0.29) is 89.9 Å². The summed E-state index contributed by atoms with van der Waals surface area (Å²) in [5.41, 5.74) is 0. The molecular formula is C47H83N7O27. The maximum atomic E-state index is 13.0. The van der Waals surface area contributed by atoms with Gasteiger partial charge in [-0.15, -0.1) is 0 Å². The number of carbonyl (C=O) groups excluding carboxylic acids is 6. The van der Waals surface area contributed by atoms with Crippen molar-refractivity contribution in [1.82, 2.24) is 36.8 Å². The highest BCUT2D eigenvalue weighted by Crippen LogP contribution is 2.31. The number of rotatable bonds is 33. The molecule has 0 aliphatic carbocycles. The summed E-state index contributed by atoms with van der Waals surface area (Å²) in [5.74, 6) is -2.97. The third-order valence-electron chi connectivity index (χ3n) is 13.2. The molecule has 4 aliphatic heterocycles. The van der Waals surface area contributed by atoms with E-state index in [2.05, 4.69) is 31.9 Å². The fourth-order valence-corrected chi connectivity index (χ4v) is 8.63. The monoisotopic (exact) mass is 1180 g/mol. The van der Waals surface area contributed by atoms with Crippen LogP contribution in [0.15, 0.2) is 0 Å². The van der Waals surface area contributed by atoms with Gasteiger partial charge in [-0.3, -0.25) is 33.7 Å². The molecule has 34 heteroatoms. The molecule has 34 nitrogen and oxygen atoms in total. The number of nitrogens with one attached hydrogen (secondary N) is 6. The van der Waals surface area contributed by atoms with Gasteiger partial charge in [-0.05, 0) is 26.7 Å². The van der Waals surface area contributed by atoms with Gasteiger partial charge < -0.3 is 136 Å². The van der Waals surface area contributed by atoms with Crippen LogP contribution in [0.4, 0.5) is 0 Å². The van der Waals surface area contributed by atoms with Gasteiger partial charge in [0, 0.05) is 58.5 Å². The van der Waals surface area contributed by atoms with E-state index >= 15 is 0 Å². The summed E-state index contributed by atoms with van der Waals surface area (Å²) in [5, 5.41) is 149. The number of hydrogen-bond donors (Lipinski definition) is 19. The van der Waals surface area contributed by atoms with Gasteiger partial charge in [-0.2, -0.15) is 0 Å². The van der Waals surface area contributed by atoms with E-state index in [4.69, 9.17) is 37.9 Å². The third-order valence-corrected chi connectivity index (χ3v) is 13.2. The van der Waals surface area contributed by atoms with E-state index in [1.165, 1.54) is 11.8 Å². The zero-order chi connectivity index (χ0) is 59.9. The van der Waals surface area contributed by atoms with Crippen molar-refractivity contribution < 1.29 is 133 Å². The highest BCUT2D eigenvalue weighted by atomic mass is 16.8. The molecule has 4 fully saturated rings. The van der Waals surface area contributed by atoms with E-state index in [1.807, 2.05) is 0 Å². The molecular weight excluding hydrogens is 1090 g/mol. The van der Waals surface area contributed by atoms with Crippen molar-refractivity contribution in [3.05, 3.63) is 0 Å². The average molecular weight is 1180 g/mol. The molecule has 0 radical (unpaired) electrons. The Bertz CT molecular complexity index is 1940. The third kappa shape index (κ3) is 21.8. The van der Waals surface area contributed by atoms with Gasteiger partial charge >= 0.3 is 0 Å².